The van der Waals surface area contributed by atoms with E-state index in [0.717, 1.165) is 29.7 Å². The van der Waals surface area contributed by atoms with Crippen LogP contribution in [0.2, 0.25) is 0 Å². The largest absolute Gasteiger partial charge is 0.691 e. The second-order valence-corrected chi connectivity index (χ2v) is 7.61. The summed E-state index contributed by atoms with van der Waals surface area (Å²) < 4.78 is 17.7. The van der Waals surface area contributed by atoms with Crippen molar-refractivity contribution in [2.45, 2.75) is 18.4 Å². The first-order valence-electron chi connectivity index (χ1n) is 9.48. The van der Waals surface area contributed by atoms with Crippen LogP contribution in [0, 0.1) is 6.92 Å². The number of benzene rings is 2. The van der Waals surface area contributed by atoms with Crippen LogP contribution in [0.5, 0.6) is 5.75 Å². The molecule has 0 N–H and O–H groups in total. The van der Waals surface area contributed by atoms with Crippen LogP contribution in [-0.4, -0.2) is 12.1 Å². The molecule has 0 aliphatic heterocycles. The minimum atomic E-state index is 0.516. The zero-order valence-corrected chi connectivity index (χ0v) is 17.8. The van der Waals surface area contributed by atoms with Crippen LogP contribution in [0.4, 0.5) is 0 Å². The number of methoxy groups -OCH3 is 1. The topological polar surface area (TPSA) is 80.7 Å². The molecule has 0 spiro atoms. The minimum Gasteiger partial charge on any atom is -0.691 e. The van der Waals surface area contributed by atoms with Crippen molar-refractivity contribution >= 4 is 12.0 Å². The minimum absolute atomic E-state index is 0.516. The maximum atomic E-state index is 10.1. The van der Waals surface area contributed by atoms with Crippen LogP contribution in [0.15, 0.2) is 82.5 Å². The lowest BCUT2D eigenvalue weighted by Gasteiger charge is -2.09. The molecule has 0 aliphatic rings. The van der Waals surface area contributed by atoms with Gasteiger partial charge >= 0.3 is 0 Å². The van der Waals surface area contributed by atoms with Gasteiger partial charge < -0.3 is 14.4 Å². The van der Waals surface area contributed by atoms with E-state index in [-0.39, 0.29) is 0 Å². The van der Waals surface area contributed by atoms with Crippen LogP contribution in [0.3, 0.4) is 0 Å². The number of oxazole rings is 1. The van der Waals surface area contributed by atoms with E-state index >= 15 is 0 Å². The lowest BCUT2D eigenvalue weighted by Crippen LogP contribution is -2.33. The van der Waals surface area contributed by atoms with Gasteiger partial charge in [0.2, 0.25) is 5.89 Å². The third-order valence-electron chi connectivity index (χ3n) is 4.69. The molecule has 0 bridgehead atoms. The third-order valence-corrected chi connectivity index (χ3v) is 5.31. The van der Waals surface area contributed by atoms with Crippen LogP contribution in [0.1, 0.15) is 11.1 Å². The Bertz CT molecular complexity index is 1160. The number of rotatable bonds is 8. The van der Waals surface area contributed by atoms with Crippen LogP contribution < -0.4 is 14.6 Å². The Morgan fingerprint density at radius 3 is 2.65 bits per heavy atom. The predicted octanol–water partition coefficient (Wildman–Crippen LogP) is 3.89. The van der Waals surface area contributed by atoms with E-state index in [0.29, 0.717) is 22.3 Å². The van der Waals surface area contributed by atoms with Gasteiger partial charge in [-0.25, -0.2) is 9.55 Å². The number of nitrogens with zero attached hydrogens (tertiary/aromatic N) is 2. The van der Waals surface area contributed by atoms with Gasteiger partial charge in [-0.2, -0.15) is 4.33 Å². The predicted molar refractivity (Wildman–Crippen MR) is 112 cm³/mol. The lowest BCUT2D eigenvalue weighted by atomic mass is 10.1. The molecule has 0 saturated carbocycles. The van der Waals surface area contributed by atoms with Gasteiger partial charge in [0.15, 0.2) is 24.7 Å². The molecular weight excluding hydrogens is 416 g/mol. The summed E-state index contributed by atoms with van der Waals surface area (Å²) in [6.07, 6.45) is 5.66. The highest BCUT2D eigenvalue weighted by molar-refractivity contribution is 7.94. The molecule has 0 saturated heterocycles. The average Bonchev–Trinajstić information content (AvgIpc) is 3.28. The van der Waals surface area contributed by atoms with E-state index in [9.17, 15) is 5.26 Å². The number of pyridine rings is 1. The van der Waals surface area contributed by atoms with E-state index in [1.807, 2.05) is 30.6 Å². The molecule has 4 aromatic rings. The summed E-state index contributed by atoms with van der Waals surface area (Å²) in [6, 6.07) is 17.8. The van der Waals surface area contributed by atoms with Crippen LogP contribution in [-0.2, 0) is 15.9 Å². The summed E-state index contributed by atoms with van der Waals surface area (Å²) in [5, 5.41) is 13.6. The van der Waals surface area contributed by atoms with Crippen molar-refractivity contribution in [3.05, 3.63) is 84.3 Å². The number of ether oxygens (including phenoxy) is 1. The fourth-order valence-corrected chi connectivity index (χ4v) is 3.72. The molecule has 8 heteroatoms. The Morgan fingerprint density at radius 1 is 1.06 bits per heavy atom. The van der Waals surface area contributed by atoms with Crippen LogP contribution >= 0.6 is 12.0 Å². The van der Waals surface area contributed by atoms with Crippen molar-refractivity contribution in [2.24, 2.45) is 0 Å². The first-order chi connectivity index (χ1) is 15.2. The summed E-state index contributed by atoms with van der Waals surface area (Å²) in [5.74, 6) is 1.65. The molecule has 2 aromatic carbocycles. The molecule has 2 aromatic heterocycles. The number of hydrogen-bond acceptors (Lipinski definition) is 7. The highest BCUT2D eigenvalue weighted by atomic mass is 32.2. The Labute approximate surface area is 183 Å². The number of aromatic nitrogens is 2. The van der Waals surface area contributed by atoms with E-state index in [1.54, 1.807) is 18.3 Å². The zero-order chi connectivity index (χ0) is 21.6. The van der Waals surface area contributed by atoms with Gasteiger partial charge in [0.05, 0.1) is 30.2 Å². The molecule has 4 rings (SSSR count). The summed E-state index contributed by atoms with van der Waals surface area (Å²) in [5.41, 5.74) is 4.13. The fourth-order valence-electron chi connectivity index (χ4n) is 3.21. The van der Waals surface area contributed by atoms with Gasteiger partial charge in [0.25, 0.3) is 0 Å². The molecular formula is C23H20N2O5S. The highest BCUT2D eigenvalue weighted by Gasteiger charge is 2.13. The Morgan fingerprint density at radius 2 is 1.90 bits per heavy atom. The summed E-state index contributed by atoms with van der Waals surface area (Å²) in [7, 11) is 1.53. The van der Waals surface area contributed by atoms with Gasteiger partial charge in [0.1, 0.15) is 5.75 Å². The molecule has 0 aliphatic carbocycles. The maximum Gasteiger partial charge on any atom is 0.227 e. The number of aryl methyl sites for hydroxylation is 1. The normalized spacial score (nSPS) is 10.9. The summed E-state index contributed by atoms with van der Waals surface area (Å²) in [4.78, 5) is 4.98. The lowest BCUT2D eigenvalue weighted by molar-refractivity contribution is -0.777. The van der Waals surface area contributed by atoms with E-state index < -0.39 is 0 Å². The van der Waals surface area contributed by atoms with Crippen molar-refractivity contribution in [3.63, 3.8) is 0 Å². The molecule has 0 unspecified atom stereocenters. The molecule has 2 heterocycles. The van der Waals surface area contributed by atoms with Gasteiger partial charge in [-0.3, -0.25) is 5.04 Å². The standard InChI is InChI=1S/C23H20N2O5S/c1-16-4-3-5-17(12-16)15-25-10-8-18(9-11-25)23-24-14-21(28-23)19-6-7-20(27-2)22(13-19)31-30-29-26/h3-14H,15H2,1-2H3. The Kier molecular flexibility index (Phi) is 6.63. The SMILES string of the molecule is COc1ccc(-c2cnc(-c3cc[n+](Cc4cccc(C)c4)cc3)o2)cc1SOO[O-]. The maximum absolute atomic E-state index is 10.1. The highest BCUT2D eigenvalue weighted by Crippen LogP contribution is 2.35. The van der Waals surface area contributed by atoms with Gasteiger partial charge in [0, 0.05) is 28.8 Å². The first-order valence-corrected chi connectivity index (χ1v) is 10.2. The summed E-state index contributed by atoms with van der Waals surface area (Å²) in [6.45, 7) is 2.88. The summed E-state index contributed by atoms with van der Waals surface area (Å²) >= 11 is 0.762. The van der Waals surface area contributed by atoms with Gasteiger partial charge in [-0.05, 0) is 31.2 Å². The van der Waals surface area contributed by atoms with Crippen molar-refractivity contribution < 1.29 is 28.4 Å². The number of hydrogen-bond donors (Lipinski definition) is 0. The molecule has 0 fully saturated rings. The average molecular weight is 436 g/mol. The van der Waals surface area contributed by atoms with Crippen LogP contribution in [0.25, 0.3) is 22.8 Å². The molecule has 7 nitrogen and oxygen atoms in total. The monoisotopic (exact) mass is 436 g/mol. The van der Waals surface area contributed by atoms with Gasteiger partial charge in [-0.1, -0.05) is 23.8 Å². The van der Waals surface area contributed by atoms with Crippen molar-refractivity contribution in [2.75, 3.05) is 7.11 Å². The molecule has 0 amide bonds. The van der Waals surface area contributed by atoms with E-state index in [4.69, 9.17) is 9.15 Å². The second kappa shape index (κ2) is 9.76. The second-order valence-electron chi connectivity index (χ2n) is 6.86. The first kappa shape index (κ1) is 21.1. The molecule has 0 atom stereocenters. The Hall–Kier alpha value is -3.17. The fraction of sp³-hybridized carbons (Fsp3) is 0.130. The quantitative estimate of drug-likeness (QED) is 0.179. The zero-order valence-electron chi connectivity index (χ0n) is 17.0. The van der Waals surface area contributed by atoms with Crippen molar-refractivity contribution in [1.29, 1.82) is 0 Å². The molecule has 31 heavy (non-hydrogen) atoms. The van der Waals surface area contributed by atoms with Crippen molar-refractivity contribution in [3.8, 4) is 28.5 Å². The molecule has 158 valence electrons. The van der Waals surface area contributed by atoms with E-state index in [2.05, 4.69) is 50.1 Å². The Balaban J connectivity index is 1.52. The molecule has 0 radical (unpaired) electrons. The third kappa shape index (κ3) is 5.12. The van der Waals surface area contributed by atoms with Crippen molar-refractivity contribution in [1.82, 2.24) is 4.98 Å². The van der Waals surface area contributed by atoms with E-state index in [1.165, 1.54) is 18.2 Å². The smallest absolute Gasteiger partial charge is 0.227 e. The van der Waals surface area contributed by atoms with Gasteiger partial charge in [-0.15, -0.1) is 0 Å².